The van der Waals surface area contributed by atoms with Crippen LogP contribution in [0, 0.1) is 0 Å². The van der Waals surface area contributed by atoms with Crippen molar-refractivity contribution < 1.29 is 9.59 Å². The number of amides is 2. The molecule has 162 valence electrons. The number of anilines is 1. The third kappa shape index (κ3) is 4.94. The van der Waals surface area contributed by atoms with E-state index >= 15 is 0 Å². The predicted molar refractivity (Wildman–Crippen MR) is 124 cm³/mol. The van der Waals surface area contributed by atoms with Crippen LogP contribution in [-0.2, 0) is 11.8 Å². The van der Waals surface area contributed by atoms with Crippen LogP contribution in [0.5, 0.6) is 0 Å². The number of tetrazole rings is 1. The molecule has 0 saturated heterocycles. The molecule has 9 heteroatoms. The summed E-state index contributed by atoms with van der Waals surface area (Å²) in [5.74, 6) is -0.174. The number of nitrogens with zero attached hydrogens (tertiary/aromatic N) is 4. The first kappa shape index (κ1) is 21.5. The van der Waals surface area contributed by atoms with Crippen molar-refractivity contribution in [1.29, 1.82) is 0 Å². The minimum absolute atomic E-state index is 0.153. The average Bonchev–Trinajstić information content (AvgIpc) is 3.22. The molecular weight excluding hydrogens is 424 g/mol. The van der Waals surface area contributed by atoms with Crippen LogP contribution in [-0.4, -0.2) is 37.8 Å². The van der Waals surface area contributed by atoms with Gasteiger partial charge in [-0.05, 0) is 58.0 Å². The summed E-state index contributed by atoms with van der Waals surface area (Å²) in [6.45, 7) is 1.97. The summed E-state index contributed by atoms with van der Waals surface area (Å²) in [7, 11) is 1.71. The van der Waals surface area contributed by atoms with Gasteiger partial charge >= 0.3 is 0 Å². The Labute approximate surface area is 189 Å². The van der Waals surface area contributed by atoms with Crippen molar-refractivity contribution in [3.05, 3.63) is 77.9 Å². The summed E-state index contributed by atoms with van der Waals surface area (Å²) in [6.07, 6.45) is 0. The number of aryl methyl sites for hydroxylation is 1. The molecule has 2 amide bonds. The van der Waals surface area contributed by atoms with Crippen LogP contribution in [0.15, 0.2) is 71.9 Å². The van der Waals surface area contributed by atoms with Crippen LogP contribution in [0.1, 0.15) is 28.9 Å². The highest BCUT2D eigenvalue weighted by Gasteiger charge is 2.14. The van der Waals surface area contributed by atoms with E-state index in [1.165, 1.54) is 16.4 Å². The molecule has 0 spiro atoms. The van der Waals surface area contributed by atoms with Gasteiger partial charge in [-0.1, -0.05) is 54.2 Å². The maximum Gasteiger partial charge on any atom is 0.251 e. The smallest absolute Gasteiger partial charge is 0.251 e. The Bertz CT molecular complexity index is 1250. The molecule has 1 atom stereocenters. The van der Waals surface area contributed by atoms with Gasteiger partial charge in [0.1, 0.15) is 0 Å². The fourth-order valence-corrected chi connectivity index (χ4v) is 4.01. The summed E-state index contributed by atoms with van der Waals surface area (Å²) in [5.41, 5.74) is 2.20. The average molecular weight is 447 g/mol. The number of carbonyl (C=O) groups is 2. The first-order valence-electron chi connectivity index (χ1n) is 10.0. The molecule has 0 fully saturated rings. The number of benzene rings is 3. The largest absolute Gasteiger partial charge is 0.345 e. The van der Waals surface area contributed by atoms with Crippen LogP contribution in [0.2, 0.25) is 0 Å². The van der Waals surface area contributed by atoms with Crippen LogP contribution in [0.25, 0.3) is 10.8 Å². The number of carbonyl (C=O) groups excluding carboxylic acids is 2. The monoisotopic (exact) mass is 446 g/mol. The van der Waals surface area contributed by atoms with E-state index in [1.807, 2.05) is 31.2 Å². The van der Waals surface area contributed by atoms with Gasteiger partial charge in [0.15, 0.2) is 0 Å². The van der Waals surface area contributed by atoms with Crippen molar-refractivity contribution in [3.63, 3.8) is 0 Å². The summed E-state index contributed by atoms with van der Waals surface area (Å²) in [4.78, 5) is 24.9. The Morgan fingerprint density at radius 2 is 1.78 bits per heavy atom. The minimum Gasteiger partial charge on any atom is -0.345 e. The number of thioether (sulfide) groups is 1. The van der Waals surface area contributed by atoms with Gasteiger partial charge in [-0.3, -0.25) is 9.59 Å². The molecule has 0 bridgehead atoms. The molecule has 0 saturated carbocycles. The van der Waals surface area contributed by atoms with Gasteiger partial charge < -0.3 is 10.6 Å². The highest BCUT2D eigenvalue weighted by atomic mass is 32.2. The predicted octanol–water partition coefficient (Wildman–Crippen LogP) is 3.59. The van der Waals surface area contributed by atoms with Crippen molar-refractivity contribution in [2.24, 2.45) is 7.05 Å². The Morgan fingerprint density at radius 1 is 1.03 bits per heavy atom. The first-order valence-corrected chi connectivity index (χ1v) is 11.0. The number of hydrogen-bond acceptors (Lipinski definition) is 6. The summed E-state index contributed by atoms with van der Waals surface area (Å²) < 4.78 is 1.50. The molecule has 3 aromatic carbocycles. The SMILES string of the molecule is CC(NC(=O)c1ccc(NC(=O)CSc2nnnn2C)cc1)c1cccc2ccccc12. The van der Waals surface area contributed by atoms with E-state index in [4.69, 9.17) is 0 Å². The Kier molecular flexibility index (Phi) is 6.46. The zero-order chi connectivity index (χ0) is 22.5. The number of rotatable bonds is 7. The molecule has 4 rings (SSSR count). The lowest BCUT2D eigenvalue weighted by Gasteiger charge is -2.17. The van der Waals surface area contributed by atoms with Gasteiger partial charge in [-0.15, -0.1) is 5.10 Å². The molecule has 0 aliphatic carbocycles. The second-order valence-electron chi connectivity index (χ2n) is 7.26. The molecule has 1 aromatic heterocycles. The van der Waals surface area contributed by atoms with Crippen molar-refractivity contribution in [3.8, 4) is 0 Å². The maximum absolute atomic E-state index is 12.7. The van der Waals surface area contributed by atoms with Crippen molar-refractivity contribution in [2.45, 2.75) is 18.1 Å². The molecule has 0 radical (unpaired) electrons. The van der Waals surface area contributed by atoms with Gasteiger partial charge in [0.25, 0.3) is 5.91 Å². The third-order valence-electron chi connectivity index (χ3n) is 4.98. The quantitative estimate of drug-likeness (QED) is 0.421. The standard InChI is InChI=1S/C23H22N6O2S/c1-15(19-9-5-7-16-6-3-4-8-20(16)19)24-22(31)17-10-12-18(13-11-17)25-21(30)14-32-23-26-27-28-29(23)2/h3-13,15H,14H2,1-2H3,(H,24,31)(H,25,30). The van der Waals surface area contributed by atoms with Gasteiger partial charge in [0.2, 0.25) is 11.1 Å². The third-order valence-corrected chi connectivity index (χ3v) is 5.99. The molecule has 32 heavy (non-hydrogen) atoms. The van der Waals surface area contributed by atoms with E-state index in [2.05, 4.69) is 44.4 Å². The van der Waals surface area contributed by atoms with Crippen LogP contribution < -0.4 is 10.6 Å². The second kappa shape index (κ2) is 9.61. The van der Waals surface area contributed by atoms with Gasteiger partial charge in [0, 0.05) is 18.3 Å². The van der Waals surface area contributed by atoms with Crippen LogP contribution in [0.3, 0.4) is 0 Å². The first-order chi connectivity index (χ1) is 15.5. The summed E-state index contributed by atoms with van der Waals surface area (Å²) in [5, 5.41) is 19.8. The fourth-order valence-electron chi connectivity index (χ4n) is 3.36. The molecule has 1 heterocycles. The molecule has 2 N–H and O–H groups in total. The van der Waals surface area contributed by atoms with Gasteiger partial charge in [0.05, 0.1) is 11.8 Å². The topological polar surface area (TPSA) is 102 Å². The molecule has 0 aliphatic rings. The van der Waals surface area contributed by atoms with E-state index in [-0.39, 0.29) is 23.6 Å². The Balaban J connectivity index is 1.35. The van der Waals surface area contributed by atoms with Crippen LogP contribution in [0.4, 0.5) is 5.69 Å². The highest BCUT2D eigenvalue weighted by molar-refractivity contribution is 7.99. The zero-order valence-corrected chi connectivity index (χ0v) is 18.5. The Morgan fingerprint density at radius 3 is 2.53 bits per heavy atom. The zero-order valence-electron chi connectivity index (χ0n) is 17.6. The van der Waals surface area contributed by atoms with E-state index < -0.39 is 0 Å². The minimum atomic E-state index is -0.181. The Hall–Kier alpha value is -3.72. The normalized spacial score (nSPS) is 11.8. The molecular formula is C23H22N6O2S. The molecule has 4 aromatic rings. The van der Waals surface area contributed by atoms with Crippen LogP contribution >= 0.6 is 11.8 Å². The molecule has 1 unspecified atom stereocenters. The lowest BCUT2D eigenvalue weighted by atomic mass is 9.99. The number of nitrogens with one attached hydrogen (secondary N) is 2. The summed E-state index contributed by atoms with van der Waals surface area (Å²) in [6, 6.07) is 20.9. The number of aromatic nitrogens is 4. The van der Waals surface area contributed by atoms with Crippen molar-refractivity contribution >= 4 is 40.0 Å². The fraction of sp³-hybridized carbons (Fsp3) is 0.174. The van der Waals surface area contributed by atoms with E-state index in [0.29, 0.717) is 16.4 Å². The molecule has 8 nitrogen and oxygen atoms in total. The molecule has 0 aliphatic heterocycles. The number of hydrogen-bond donors (Lipinski definition) is 2. The number of fused-ring (bicyclic) bond motifs is 1. The van der Waals surface area contributed by atoms with Crippen molar-refractivity contribution in [2.75, 3.05) is 11.1 Å². The van der Waals surface area contributed by atoms with Gasteiger partial charge in [-0.25, -0.2) is 4.68 Å². The van der Waals surface area contributed by atoms with E-state index in [9.17, 15) is 9.59 Å². The van der Waals surface area contributed by atoms with Crippen molar-refractivity contribution in [1.82, 2.24) is 25.5 Å². The van der Waals surface area contributed by atoms with E-state index in [1.54, 1.807) is 31.3 Å². The lowest BCUT2D eigenvalue weighted by molar-refractivity contribution is -0.113. The highest BCUT2D eigenvalue weighted by Crippen LogP contribution is 2.24. The van der Waals surface area contributed by atoms with Gasteiger partial charge in [-0.2, -0.15) is 0 Å². The maximum atomic E-state index is 12.7. The second-order valence-corrected chi connectivity index (χ2v) is 8.21. The van der Waals surface area contributed by atoms with E-state index in [0.717, 1.165) is 16.3 Å². The lowest BCUT2D eigenvalue weighted by Crippen LogP contribution is -2.26. The summed E-state index contributed by atoms with van der Waals surface area (Å²) >= 11 is 1.25.